The van der Waals surface area contributed by atoms with Gasteiger partial charge in [-0.3, -0.25) is 4.68 Å². The lowest BCUT2D eigenvalue weighted by molar-refractivity contribution is 0.756. The van der Waals surface area contributed by atoms with E-state index in [2.05, 4.69) is 16.5 Å². The highest BCUT2D eigenvalue weighted by atomic mass is 15.2. The molecule has 0 aliphatic rings. The Hall–Kier alpha value is -2.28. The smallest absolute Gasteiger partial charge is 0.0994 e. The summed E-state index contributed by atoms with van der Waals surface area (Å²) < 4.78 is 1.82. The molecular formula is C14H16N4. The van der Waals surface area contributed by atoms with Gasteiger partial charge in [0.05, 0.1) is 17.3 Å². The fraction of sp³-hybridized carbons (Fsp3) is 0.286. The molecule has 4 nitrogen and oxygen atoms in total. The lowest BCUT2D eigenvalue weighted by Crippen LogP contribution is -2.00. The van der Waals surface area contributed by atoms with Crippen molar-refractivity contribution < 1.29 is 0 Å². The van der Waals surface area contributed by atoms with E-state index < -0.39 is 0 Å². The van der Waals surface area contributed by atoms with E-state index in [1.165, 1.54) is 5.56 Å². The second-order valence-electron chi connectivity index (χ2n) is 4.41. The van der Waals surface area contributed by atoms with Crippen LogP contribution in [0, 0.1) is 25.2 Å². The maximum absolute atomic E-state index is 8.87. The van der Waals surface area contributed by atoms with Crippen molar-refractivity contribution in [2.45, 2.75) is 20.4 Å². The van der Waals surface area contributed by atoms with Gasteiger partial charge in [-0.2, -0.15) is 10.4 Å². The normalized spacial score (nSPS) is 10.1. The molecule has 0 aliphatic heterocycles. The fourth-order valence-electron chi connectivity index (χ4n) is 1.92. The predicted octanol–water partition coefficient (Wildman–Crippen LogP) is 2.52. The molecule has 1 heterocycles. The van der Waals surface area contributed by atoms with Crippen LogP contribution in [0.3, 0.4) is 0 Å². The van der Waals surface area contributed by atoms with Crippen LogP contribution in [0.15, 0.2) is 24.4 Å². The molecule has 0 saturated carbocycles. The Balaban J connectivity index is 2.09. The van der Waals surface area contributed by atoms with E-state index in [1.807, 2.05) is 50.0 Å². The first kappa shape index (κ1) is 12.2. The molecule has 0 atom stereocenters. The number of anilines is 1. The van der Waals surface area contributed by atoms with Crippen molar-refractivity contribution >= 4 is 5.69 Å². The Bertz CT molecular complexity index is 605. The first-order valence-electron chi connectivity index (χ1n) is 5.84. The molecule has 1 N–H and O–H groups in total. The first-order valence-corrected chi connectivity index (χ1v) is 5.84. The Morgan fingerprint density at radius 2 is 2.17 bits per heavy atom. The van der Waals surface area contributed by atoms with E-state index in [0.717, 1.165) is 29.1 Å². The lowest BCUT2D eigenvalue weighted by atomic mass is 10.1. The zero-order chi connectivity index (χ0) is 13.1. The highest BCUT2D eigenvalue weighted by Gasteiger charge is 2.03. The second kappa shape index (κ2) is 4.92. The predicted molar refractivity (Wildman–Crippen MR) is 71.2 cm³/mol. The number of nitriles is 1. The molecule has 0 unspecified atom stereocenters. The van der Waals surface area contributed by atoms with Crippen molar-refractivity contribution in [1.29, 1.82) is 5.26 Å². The molecule has 1 aromatic heterocycles. The molecule has 0 spiro atoms. The van der Waals surface area contributed by atoms with E-state index in [-0.39, 0.29) is 0 Å². The van der Waals surface area contributed by atoms with Crippen LogP contribution < -0.4 is 5.32 Å². The van der Waals surface area contributed by atoms with Crippen molar-refractivity contribution in [2.75, 3.05) is 5.32 Å². The van der Waals surface area contributed by atoms with Gasteiger partial charge in [0.25, 0.3) is 0 Å². The number of hydrogen-bond acceptors (Lipinski definition) is 3. The number of aryl methyl sites for hydroxylation is 3. The molecule has 0 aliphatic carbocycles. The molecule has 1 aromatic carbocycles. The monoisotopic (exact) mass is 240 g/mol. The summed E-state index contributed by atoms with van der Waals surface area (Å²) in [7, 11) is 1.92. The van der Waals surface area contributed by atoms with Crippen LogP contribution in [0.2, 0.25) is 0 Å². The third kappa shape index (κ3) is 2.51. The topological polar surface area (TPSA) is 53.6 Å². The van der Waals surface area contributed by atoms with E-state index in [1.54, 1.807) is 0 Å². The van der Waals surface area contributed by atoms with Gasteiger partial charge < -0.3 is 5.32 Å². The number of benzene rings is 1. The summed E-state index contributed by atoms with van der Waals surface area (Å²) in [5.41, 5.74) is 4.95. The number of hydrogen-bond donors (Lipinski definition) is 1. The zero-order valence-corrected chi connectivity index (χ0v) is 10.9. The minimum absolute atomic E-state index is 0.720. The SMILES string of the molecule is Cc1cc(NCc2cn(C)nc2C)ccc1C#N. The highest BCUT2D eigenvalue weighted by molar-refractivity contribution is 5.51. The van der Waals surface area contributed by atoms with E-state index in [9.17, 15) is 0 Å². The molecule has 0 radical (unpaired) electrons. The van der Waals surface area contributed by atoms with Crippen LogP contribution in [0.4, 0.5) is 5.69 Å². The van der Waals surface area contributed by atoms with Gasteiger partial charge in [-0.25, -0.2) is 0 Å². The number of rotatable bonds is 3. The van der Waals surface area contributed by atoms with Crippen molar-refractivity contribution in [2.24, 2.45) is 7.05 Å². The molecule has 0 saturated heterocycles. The van der Waals surface area contributed by atoms with E-state index in [4.69, 9.17) is 5.26 Å². The van der Waals surface area contributed by atoms with Crippen molar-refractivity contribution in [3.05, 3.63) is 46.8 Å². The van der Waals surface area contributed by atoms with Gasteiger partial charge in [0.2, 0.25) is 0 Å². The van der Waals surface area contributed by atoms with Crippen LogP contribution in [-0.2, 0) is 13.6 Å². The summed E-state index contributed by atoms with van der Waals surface area (Å²) in [6, 6.07) is 7.93. The van der Waals surface area contributed by atoms with Crippen LogP contribution in [0.5, 0.6) is 0 Å². The Morgan fingerprint density at radius 3 is 2.72 bits per heavy atom. The van der Waals surface area contributed by atoms with Gasteiger partial charge in [0, 0.05) is 31.0 Å². The molecule has 4 heteroatoms. The molecular weight excluding hydrogens is 224 g/mol. The quantitative estimate of drug-likeness (QED) is 0.896. The Morgan fingerprint density at radius 1 is 1.39 bits per heavy atom. The van der Waals surface area contributed by atoms with Gasteiger partial charge >= 0.3 is 0 Å². The van der Waals surface area contributed by atoms with Crippen LogP contribution in [-0.4, -0.2) is 9.78 Å². The average molecular weight is 240 g/mol. The molecule has 0 amide bonds. The van der Waals surface area contributed by atoms with Crippen LogP contribution >= 0.6 is 0 Å². The van der Waals surface area contributed by atoms with E-state index in [0.29, 0.717) is 0 Å². The Labute approximate surface area is 107 Å². The van der Waals surface area contributed by atoms with Crippen LogP contribution in [0.25, 0.3) is 0 Å². The number of aromatic nitrogens is 2. The zero-order valence-electron chi connectivity index (χ0n) is 10.9. The molecule has 92 valence electrons. The van der Waals surface area contributed by atoms with Crippen LogP contribution in [0.1, 0.15) is 22.4 Å². The first-order chi connectivity index (χ1) is 8.60. The largest absolute Gasteiger partial charge is 0.381 e. The minimum atomic E-state index is 0.720. The minimum Gasteiger partial charge on any atom is -0.381 e. The van der Waals surface area contributed by atoms with E-state index >= 15 is 0 Å². The van der Waals surface area contributed by atoms with Crippen molar-refractivity contribution in [3.63, 3.8) is 0 Å². The molecule has 0 fully saturated rings. The van der Waals surface area contributed by atoms with Gasteiger partial charge in [-0.15, -0.1) is 0 Å². The van der Waals surface area contributed by atoms with Crippen molar-refractivity contribution in [1.82, 2.24) is 9.78 Å². The average Bonchev–Trinajstić information content (AvgIpc) is 2.65. The standard InChI is InChI=1S/C14H16N4/c1-10-6-14(5-4-12(10)7-15)16-8-13-9-18(3)17-11(13)2/h4-6,9,16H,8H2,1-3H3. The third-order valence-electron chi connectivity index (χ3n) is 2.94. The summed E-state index contributed by atoms with van der Waals surface area (Å²) in [6.45, 7) is 4.69. The summed E-state index contributed by atoms with van der Waals surface area (Å²) in [5, 5.41) is 16.5. The lowest BCUT2D eigenvalue weighted by Gasteiger charge is -2.07. The number of nitrogens with zero attached hydrogens (tertiary/aromatic N) is 3. The van der Waals surface area contributed by atoms with Gasteiger partial charge in [0.1, 0.15) is 0 Å². The maximum atomic E-state index is 8.87. The van der Waals surface area contributed by atoms with Gasteiger partial charge in [-0.1, -0.05) is 0 Å². The summed E-state index contributed by atoms with van der Waals surface area (Å²) in [4.78, 5) is 0. The van der Waals surface area contributed by atoms with Crippen molar-refractivity contribution in [3.8, 4) is 6.07 Å². The Kier molecular flexibility index (Phi) is 3.33. The number of nitrogens with one attached hydrogen (secondary N) is 1. The molecule has 0 bridgehead atoms. The summed E-state index contributed by atoms with van der Waals surface area (Å²) in [6.07, 6.45) is 2.01. The highest BCUT2D eigenvalue weighted by Crippen LogP contribution is 2.16. The summed E-state index contributed by atoms with van der Waals surface area (Å²) in [5.74, 6) is 0. The second-order valence-corrected chi connectivity index (χ2v) is 4.41. The summed E-state index contributed by atoms with van der Waals surface area (Å²) >= 11 is 0. The molecule has 2 rings (SSSR count). The molecule has 2 aromatic rings. The fourth-order valence-corrected chi connectivity index (χ4v) is 1.92. The van der Waals surface area contributed by atoms with Gasteiger partial charge in [-0.05, 0) is 37.6 Å². The molecule has 18 heavy (non-hydrogen) atoms. The third-order valence-corrected chi connectivity index (χ3v) is 2.94. The van der Waals surface area contributed by atoms with Gasteiger partial charge in [0.15, 0.2) is 0 Å². The maximum Gasteiger partial charge on any atom is 0.0994 e.